The molecule has 2 aliphatic heterocycles. The average molecular weight is 217 g/mol. The van der Waals surface area contributed by atoms with Crippen molar-refractivity contribution in [3.63, 3.8) is 0 Å². The second-order valence-corrected chi connectivity index (χ2v) is 5.50. The van der Waals surface area contributed by atoms with Crippen LogP contribution in [0.2, 0.25) is 0 Å². The van der Waals surface area contributed by atoms with Crippen LogP contribution in [0.15, 0.2) is 30.3 Å². The Morgan fingerprint density at radius 1 is 1.31 bits per heavy atom. The molecule has 86 valence electrons. The van der Waals surface area contributed by atoms with Crippen molar-refractivity contribution in [2.75, 3.05) is 26.7 Å². The minimum atomic E-state index is 0.441. The number of likely N-dealkylation sites (tertiary alicyclic amines) is 1. The van der Waals surface area contributed by atoms with Crippen LogP contribution in [0, 0.1) is 5.41 Å². The lowest BCUT2D eigenvalue weighted by molar-refractivity contribution is 0.00901. The normalized spacial score (nSPS) is 28.2. The van der Waals surface area contributed by atoms with Crippen molar-refractivity contribution in [3.8, 4) is 0 Å². The summed E-state index contributed by atoms with van der Waals surface area (Å²) in [6.45, 7) is 3.41. The summed E-state index contributed by atoms with van der Waals surface area (Å²) in [5.41, 5.74) is 1.89. The van der Waals surface area contributed by atoms with Gasteiger partial charge in [-0.1, -0.05) is 30.3 Å². The molecule has 16 heavy (non-hydrogen) atoms. The summed E-state index contributed by atoms with van der Waals surface area (Å²) < 4.78 is 5.94. The molecule has 2 heteroatoms. The van der Waals surface area contributed by atoms with Crippen molar-refractivity contribution in [1.29, 1.82) is 0 Å². The lowest BCUT2D eigenvalue weighted by Crippen LogP contribution is -2.54. The number of rotatable bonds is 2. The molecule has 2 aliphatic rings. The van der Waals surface area contributed by atoms with E-state index in [4.69, 9.17) is 4.74 Å². The summed E-state index contributed by atoms with van der Waals surface area (Å²) in [5, 5.41) is 0. The van der Waals surface area contributed by atoms with E-state index >= 15 is 0 Å². The fourth-order valence-corrected chi connectivity index (χ4v) is 3.22. The Hall–Kier alpha value is -0.860. The highest BCUT2D eigenvalue weighted by molar-refractivity contribution is 5.16. The van der Waals surface area contributed by atoms with Crippen LogP contribution in [-0.2, 0) is 11.2 Å². The van der Waals surface area contributed by atoms with Crippen LogP contribution < -0.4 is 0 Å². The predicted octanol–water partition coefficient (Wildman–Crippen LogP) is 1.95. The number of hydrogen-bond donors (Lipinski definition) is 0. The third-order valence-corrected chi connectivity index (χ3v) is 3.80. The summed E-state index contributed by atoms with van der Waals surface area (Å²) in [5.74, 6) is 0. The van der Waals surface area contributed by atoms with Gasteiger partial charge < -0.3 is 9.64 Å². The third kappa shape index (κ3) is 1.87. The van der Waals surface area contributed by atoms with Crippen LogP contribution >= 0.6 is 0 Å². The van der Waals surface area contributed by atoms with Crippen LogP contribution in [0.1, 0.15) is 12.0 Å². The SMILES string of the molecule is CN1CC2(CO[C@H](Cc3ccccc3)C2)C1. The first-order valence-corrected chi connectivity index (χ1v) is 6.10. The minimum absolute atomic E-state index is 0.441. The summed E-state index contributed by atoms with van der Waals surface area (Å²) in [4.78, 5) is 2.38. The van der Waals surface area contributed by atoms with Gasteiger partial charge in [0.05, 0.1) is 12.7 Å². The summed E-state index contributed by atoms with van der Waals surface area (Å²) in [6.07, 6.45) is 2.76. The fourth-order valence-electron chi connectivity index (χ4n) is 3.22. The largest absolute Gasteiger partial charge is 0.377 e. The van der Waals surface area contributed by atoms with E-state index in [2.05, 4.69) is 42.3 Å². The maximum absolute atomic E-state index is 5.94. The van der Waals surface area contributed by atoms with Crippen LogP contribution in [0.3, 0.4) is 0 Å². The molecular weight excluding hydrogens is 198 g/mol. The van der Waals surface area contributed by atoms with Gasteiger partial charge in [-0.05, 0) is 25.5 Å². The molecule has 0 saturated carbocycles. The van der Waals surface area contributed by atoms with Crippen LogP contribution in [0.4, 0.5) is 0 Å². The second-order valence-electron chi connectivity index (χ2n) is 5.50. The van der Waals surface area contributed by atoms with E-state index in [1.165, 1.54) is 25.1 Å². The maximum atomic E-state index is 5.94. The Balaban J connectivity index is 1.59. The molecule has 2 saturated heterocycles. The number of ether oxygens (including phenoxy) is 1. The zero-order valence-electron chi connectivity index (χ0n) is 9.86. The van der Waals surface area contributed by atoms with E-state index in [-0.39, 0.29) is 0 Å². The molecule has 0 aliphatic carbocycles. The molecule has 0 bridgehead atoms. The third-order valence-electron chi connectivity index (χ3n) is 3.80. The topological polar surface area (TPSA) is 12.5 Å². The Kier molecular flexibility index (Phi) is 2.49. The van der Waals surface area contributed by atoms with E-state index in [9.17, 15) is 0 Å². The van der Waals surface area contributed by atoms with E-state index in [1.54, 1.807) is 0 Å². The van der Waals surface area contributed by atoms with Gasteiger partial charge in [-0.25, -0.2) is 0 Å². The molecule has 3 rings (SSSR count). The first kappa shape index (κ1) is 10.3. The van der Waals surface area contributed by atoms with E-state index in [0.717, 1.165) is 13.0 Å². The first-order chi connectivity index (χ1) is 7.76. The highest BCUT2D eigenvalue weighted by Crippen LogP contribution is 2.40. The quantitative estimate of drug-likeness (QED) is 0.750. The molecule has 1 atom stereocenters. The summed E-state index contributed by atoms with van der Waals surface area (Å²) in [6, 6.07) is 10.7. The molecule has 0 N–H and O–H groups in total. The smallest absolute Gasteiger partial charge is 0.0622 e. The van der Waals surface area contributed by atoms with Crippen molar-refractivity contribution in [2.24, 2.45) is 5.41 Å². The fraction of sp³-hybridized carbons (Fsp3) is 0.571. The van der Waals surface area contributed by atoms with Gasteiger partial charge in [-0.15, -0.1) is 0 Å². The number of benzene rings is 1. The van der Waals surface area contributed by atoms with E-state index in [0.29, 0.717) is 11.5 Å². The van der Waals surface area contributed by atoms with Gasteiger partial charge in [-0.2, -0.15) is 0 Å². The predicted molar refractivity (Wildman–Crippen MR) is 64.4 cm³/mol. The molecule has 1 spiro atoms. The molecule has 0 aromatic heterocycles. The molecule has 0 amide bonds. The van der Waals surface area contributed by atoms with Crippen molar-refractivity contribution in [2.45, 2.75) is 18.9 Å². The summed E-state index contributed by atoms with van der Waals surface area (Å²) in [7, 11) is 2.19. The van der Waals surface area contributed by atoms with Gasteiger partial charge >= 0.3 is 0 Å². The molecule has 0 unspecified atom stereocenters. The van der Waals surface area contributed by atoms with Crippen molar-refractivity contribution >= 4 is 0 Å². The highest BCUT2D eigenvalue weighted by Gasteiger charge is 2.47. The standard InChI is InChI=1S/C14H19NO/c1-15-9-14(10-15)8-13(16-11-14)7-12-5-3-2-4-6-12/h2-6,13H,7-11H2,1H3/t13-/m1/s1. The zero-order chi connectivity index (χ0) is 11.0. The van der Waals surface area contributed by atoms with Gasteiger partial charge in [0.25, 0.3) is 0 Å². The van der Waals surface area contributed by atoms with Gasteiger partial charge in [0.2, 0.25) is 0 Å². The molecule has 2 nitrogen and oxygen atoms in total. The lowest BCUT2D eigenvalue weighted by Gasteiger charge is -2.45. The van der Waals surface area contributed by atoms with Gasteiger partial charge in [0.1, 0.15) is 0 Å². The van der Waals surface area contributed by atoms with Crippen LogP contribution in [0.25, 0.3) is 0 Å². The molecule has 0 radical (unpaired) electrons. The van der Waals surface area contributed by atoms with Gasteiger partial charge in [0, 0.05) is 18.5 Å². The Morgan fingerprint density at radius 3 is 2.75 bits per heavy atom. The van der Waals surface area contributed by atoms with E-state index in [1.807, 2.05) is 0 Å². The van der Waals surface area contributed by atoms with Crippen LogP contribution in [-0.4, -0.2) is 37.7 Å². The molecule has 1 aromatic rings. The lowest BCUT2D eigenvalue weighted by atomic mass is 9.78. The van der Waals surface area contributed by atoms with Crippen LogP contribution in [0.5, 0.6) is 0 Å². The first-order valence-electron chi connectivity index (χ1n) is 6.10. The van der Waals surface area contributed by atoms with Crippen molar-refractivity contribution in [3.05, 3.63) is 35.9 Å². The highest BCUT2D eigenvalue weighted by atomic mass is 16.5. The maximum Gasteiger partial charge on any atom is 0.0622 e. The number of nitrogens with zero attached hydrogens (tertiary/aromatic N) is 1. The molecule has 2 heterocycles. The van der Waals surface area contributed by atoms with Crippen molar-refractivity contribution < 1.29 is 4.74 Å². The van der Waals surface area contributed by atoms with Crippen molar-refractivity contribution in [1.82, 2.24) is 4.90 Å². The molecular formula is C14H19NO. The number of hydrogen-bond acceptors (Lipinski definition) is 2. The average Bonchev–Trinajstić information content (AvgIpc) is 2.63. The monoisotopic (exact) mass is 217 g/mol. The molecule has 1 aromatic carbocycles. The Labute approximate surface area is 97.2 Å². The minimum Gasteiger partial charge on any atom is -0.377 e. The zero-order valence-corrected chi connectivity index (χ0v) is 9.86. The Morgan fingerprint density at radius 2 is 2.06 bits per heavy atom. The molecule has 2 fully saturated rings. The van der Waals surface area contributed by atoms with E-state index < -0.39 is 0 Å². The second kappa shape index (κ2) is 3.86. The van der Waals surface area contributed by atoms with Gasteiger partial charge in [0.15, 0.2) is 0 Å². The summed E-state index contributed by atoms with van der Waals surface area (Å²) >= 11 is 0. The van der Waals surface area contributed by atoms with Gasteiger partial charge in [-0.3, -0.25) is 0 Å². The Bertz CT molecular complexity index is 356.